The Morgan fingerprint density at radius 2 is 2.08 bits per heavy atom. The van der Waals surface area contributed by atoms with Gasteiger partial charge in [0.1, 0.15) is 0 Å². The van der Waals surface area contributed by atoms with Gasteiger partial charge in [0.05, 0.1) is 5.88 Å². The van der Waals surface area contributed by atoms with E-state index in [1.54, 1.807) is 0 Å². The highest BCUT2D eigenvalue weighted by Gasteiger charge is 1.93. The predicted octanol–water partition coefficient (Wildman–Crippen LogP) is 2.84. The zero-order chi connectivity index (χ0) is 8.81. The van der Waals surface area contributed by atoms with Gasteiger partial charge >= 0.3 is 0 Å². The van der Waals surface area contributed by atoms with Gasteiger partial charge in [-0.25, -0.2) is 0 Å². The van der Waals surface area contributed by atoms with Crippen molar-refractivity contribution in [2.24, 2.45) is 0 Å². The van der Waals surface area contributed by atoms with Crippen LogP contribution in [0, 0.1) is 11.8 Å². The number of hydrogen-bond donors (Lipinski definition) is 0. The first-order valence-corrected chi connectivity index (χ1v) is 4.54. The standard InChI is InChI=1S/C11H11Cl/c1-2-10-6-3-4-7-11(10)8-5-9-12/h3-4,6-7H,2,9H2,1H3. The topological polar surface area (TPSA) is 0 Å². The number of rotatable bonds is 1. The third kappa shape index (κ3) is 2.29. The van der Waals surface area contributed by atoms with Crippen LogP contribution in [-0.4, -0.2) is 5.88 Å². The van der Waals surface area contributed by atoms with Crippen molar-refractivity contribution in [1.82, 2.24) is 0 Å². The molecule has 0 spiro atoms. The zero-order valence-electron chi connectivity index (χ0n) is 7.10. The van der Waals surface area contributed by atoms with Crippen molar-refractivity contribution in [2.45, 2.75) is 13.3 Å². The van der Waals surface area contributed by atoms with Crippen LogP contribution in [0.3, 0.4) is 0 Å². The molecule has 0 unspecified atom stereocenters. The van der Waals surface area contributed by atoms with Crippen molar-refractivity contribution in [3.63, 3.8) is 0 Å². The van der Waals surface area contributed by atoms with Crippen molar-refractivity contribution in [1.29, 1.82) is 0 Å². The fourth-order valence-corrected chi connectivity index (χ4v) is 1.15. The van der Waals surface area contributed by atoms with Gasteiger partial charge in [-0.1, -0.05) is 37.0 Å². The first-order valence-electron chi connectivity index (χ1n) is 4.01. The number of hydrogen-bond acceptors (Lipinski definition) is 0. The highest BCUT2D eigenvalue weighted by molar-refractivity contribution is 6.19. The number of halogens is 1. The fourth-order valence-electron chi connectivity index (χ4n) is 1.08. The molecule has 0 radical (unpaired) electrons. The molecule has 0 aliphatic carbocycles. The van der Waals surface area contributed by atoms with Crippen LogP contribution in [0.2, 0.25) is 0 Å². The van der Waals surface area contributed by atoms with Crippen molar-refractivity contribution < 1.29 is 0 Å². The van der Waals surface area contributed by atoms with Gasteiger partial charge in [0.2, 0.25) is 0 Å². The minimum Gasteiger partial charge on any atom is -0.113 e. The molecule has 0 atom stereocenters. The summed E-state index contributed by atoms with van der Waals surface area (Å²) in [5.41, 5.74) is 2.38. The summed E-state index contributed by atoms with van der Waals surface area (Å²) in [5.74, 6) is 6.29. The van der Waals surface area contributed by atoms with E-state index in [0.717, 1.165) is 12.0 Å². The molecule has 0 nitrogen and oxygen atoms in total. The largest absolute Gasteiger partial charge is 0.113 e. The second kappa shape index (κ2) is 4.85. The third-order valence-corrected chi connectivity index (χ3v) is 1.82. The second-order valence-electron chi connectivity index (χ2n) is 2.45. The van der Waals surface area contributed by atoms with Gasteiger partial charge in [0.25, 0.3) is 0 Å². The molecule has 62 valence electrons. The Morgan fingerprint density at radius 3 is 2.75 bits per heavy atom. The Hall–Kier alpha value is -0.930. The van der Waals surface area contributed by atoms with Gasteiger partial charge in [-0.2, -0.15) is 0 Å². The summed E-state index contributed by atoms with van der Waals surface area (Å²) in [4.78, 5) is 0. The molecular formula is C11H11Cl. The van der Waals surface area contributed by atoms with Gasteiger partial charge in [0.15, 0.2) is 0 Å². The summed E-state index contributed by atoms with van der Waals surface area (Å²) in [6.07, 6.45) is 1.02. The lowest BCUT2D eigenvalue weighted by Crippen LogP contribution is -1.85. The Kier molecular flexibility index (Phi) is 3.70. The Bertz CT molecular complexity index is 304. The maximum Gasteiger partial charge on any atom is 0.0839 e. The van der Waals surface area contributed by atoms with Gasteiger partial charge in [-0.05, 0) is 18.1 Å². The predicted molar refractivity (Wildman–Crippen MR) is 53.4 cm³/mol. The van der Waals surface area contributed by atoms with E-state index < -0.39 is 0 Å². The van der Waals surface area contributed by atoms with E-state index >= 15 is 0 Å². The van der Waals surface area contributed by atoms with Crippen molar-refractivity contribution in [2.75, 3.05) is 5.88 Å². The van der Waals surface area contributed by atoms with E-state index in [0.29, 0.717) is 5.88 Å². The minimum atomic E-state index is 0.401. The zero-order valence-corrected chi connectivity index (χ0v) is 7.86. The Morgan fingerprint density at radius 1 is 1.33 bits per heavy atom. The van der Waals surface area contributed by atoms with E-state index in [9.17, 15) is 0 Å². The summed E-state index contributed by atoms with van der Waals surface area (Å²) in [6, 6.07) is 8.15. The molecule has 0 aliphatic heterocycles. The normalized spacial score (nSPS) is 8.83. The molecule has 1 rings (SSSR count). The molecule has 1 aromatic rings. The second-order valence-corrected chi connectivity index (χ2v) is 2.71. The molecule has 0 N–H and O–H groups in total. The fraction of sp³-hybridized carbons (Fsp3) is 0.273. The van der Waals surface area contributed by atoms with Crippen LogP contribution < -0.4 is 0 Å². The molecule has 0 bridgehead atoms. The summed E-state index contributed by atoms with van der Waals surface area (Å²) >= 11 is 5.47. The summed E-state index contributed by atoms with van der Waals surface area (Å²) in [5, 5.41) is 0. The number of benzene rings is 1. The Labute approximate surface area is 78.6 Å². The lowest BCUT2D eigenvalue weighted by Gasteiger charge is -1.98. The van der Waals surface area contributed by atoms with Crippen LogP contribution >= 0.6 is 11.6 Å². The van der Waals surface area contributed by atoms with Crippen molar-refractivity contribution >= 4 is 11.6 Å². The lowest BCUT2D eigenvalue weighted by atomic mass is 10.1. The lowest BCUT2D eigenvalue weighted by molar-refractivity contribution is 1.13. The van der Waals surface area contributed by atoms with Crippen molar-refractivity contribution in [3.05, 3.63) is 35.4 Å². The van der Waals surface area contributed by atoms with E-state index in [2.05, 4.69) is 24.8 Å². The van der Waals surface area contributed by atoms with Crippen LogP contribution in [-0.2, 0) is 6.42 Å². The quantitative estimate of drug-likeness (QED) is 0.458. The van der Waals surface area contributed by atoms with Gasteiger partial charge in [-0.15, -0.1) is 11.6 Å². The highest BCUT2D eigenvalue weighted by atomic mass is 35.5. The van der Waals surface area contributed by atoms with Gasteiger partial charge < -0.3 is 0 Å². The average molecular weight is 179 g/mol. The highest BCUT2D eigenvalue weighted by Crippen LogP contribution is 2.07. The summed E-state index contributed by atoms with van der Waals surface area (Å²) in [6.45, 7) is 2.13. The van der Waals surface area contributed by atoms with Crippen LogP contribution in [0.1, 0.15) is 18.1 Å². The molecule has 0 saturated heterocycles. The van der Waals surface area contributed by atoms with E-state index in [1.807, 2.05) is 18.2 Å². The molecule has 0 aliphatic rings. The summed E-state index contributed by atoms with van der Waals surface area (Å²) in [7, 11) is 0. The SMILES string of the molecule is CCc1ccccc1C#CCCl. The monoisotopic (exact) mass is 178 g/mol. The molecule has 1 heteroatoms. The molecule has 0 amide bonds. The first kappa shape index (κ1) is 9.16. The molecule has 0 saturated carbocycles. The van der Waals surface area contributed by atoms with Crippen LogP contribution in [0.5, 0.6) is 0 Å². The minimum absolute atomic E-state index is 0.401. The maximum absolute atomic E-state index is 5.47. The molecule has 12 heavy (non-hydrogen) atoms. The number of alkyl halides is 1. The maximum atomic E-state index is 5.47. The van der Waals surface area contributed by atoms with E-state index in [4.69, 9.17) is 11.6 Å². The average Bonchev–Trinajstić information content (AvgIpc) is 2.15. The summed E-state index contributed by atoms with van der Waals surface area (Å²) < 4.78 is 0. The first-order chi connectivity index (χ1) is 5.88. The third-order valence-electron chi connectivity index (χ3n) is 1.69. The van der Waals surface area contributed by atoms with Crippen LogP contribution in [0.15, 0.2) is 24.3 Å². The molecular weight excluding hydrogens is 168 g/mol. The van der Waals surface area contributed by atoms with Gasteiger partial charge in [0, 0.05) is 5.56 Å². The van der Waals surface area contributed by atoms with Gasteiger partial charge in [-0.3, -0.25) is 0 Å². The van der Waals surface area contributed by atoms with Crippen LogP contribution in [0.25, 0.3) is 0 Å². The molecule has 0 aromatic heterocycles. The van der Waals surface area contributed by atoms with E-state index in [-0.39, 0.29) is 0 Å². The Balaban J connectivity index is 2.97. The molecule has 1 aromatic carbocycles. The molecule has 0 heterocycles. The smallest absolute Gasteiger partial charge is 0.0839 e. The van der Waals surface area contributed by atoms with E-state index in [1.165, 1.54) is 5.56 Å². The van der Waals surface area contributed by atoms with Crippen molar-refractivity contribution in [3.8, 4) is 11.8 Å². The molecule has 0 fully saturated rings. The van der Waals surface area contributed by atoms with Crippen LogP contribution in [0.4, 0.5) is 0 Å². The number of aryl methyl sites for hydroxylation is 1.